The van der Waals surface area contributed by atoms with Crippen LogP contribution in [0.25, 0.3) is 0 Å². The number of thioether (sulfide) groups is 1. The van der Waals surface area contributed by atoms with Gasteiger partial charge >= 0.3 is 0 Å². The molecule has 1 saturated carbocycles. The lowest BCUT2D eigenvalue weighted by atomic mass is 10.4. The van der Waals surface area contributed by atoms with Crippen molar-refractivity contribution >= 4 is 29.4 Å². The number of hydrogen-bond donors (Lipinski definition) is 1. The Morgan fingerprint density at radius 2 is 1.86 bits per heavy atom. The fourth-order valence-corrected chi connectivity index (χ4v) is 3.45. The summed E-state index contributed by atoms with van der Waals surface area (Å²) in [5.41, 5.74) is 0. The van der Waals surface area contributed by atoms with E-state index < -0.39 is 0 Å². The van der Waals surface area contributed by atoms with Crippen LogP contribution >= 0.6 is 23.5 Å². The average Bonchev–Trinajstić information content (AvgIpc) is 3.31. The van der Waals surface area contributed by atoms with Crippen molar-refractivity contribution in [1.29, 1.82) is 0 Å². The van der Waals surface area contributed by atoms with E-state index in [9.17, 15) is 4.79 Å². The first-order valence-electron chi connectivity index (χ1n) is 6.77. The molecule has 0 bridgehead atoms. The number of hydrogen-bond acceptors (Lipinski definition) is 5. The molecule has 1 amide bonds. The largest absolute Gasteiger partial charge is 0.353 e. The number of aromatic nitrogens is 2. The Hall–Kier alpha value is -1.53. The van der Waals surface area contributed by atoms with Gasteiger partial charge in [-0.1, -0.05) is 41.7 Å². The molecule has 1 aromatic heterocycles. The molecule has 0 spiro atoms. The Bertz CT molecular complexity index is 617. The van der Waals surface area contributed by atoms with E-state index in [2.05, 4.69) is 15.3 Å². The fourth-order valence-electron chi connectivity index (χ4n) is 1.71. The highest BCUT2D eigenvalue weighted by Crippen LogP contribution is 2.32. The minimum absolute atomic E-state index is 0.0730. The van der Waals surface area contributed by atoms with Crippen molar-refractivity contribution in [2.45, 2.75) is 33.8 Å². The molecular weight excluding hydrogens is 302 g/mol. The molecule has 0 atom stereocenters. The normalized spacial score (nSPS) is 13.9. The highest BCUT2D eigenvalue weighted by atomic mass is 32.2. The summed E-state index contributed by atoms with van der Waals surface area (Å²) in [4.78, 5) is 21.6. The predicted octanol–water partition coefficient (Wildman–Crippen LogP) is 3.00. The first-order chi connectivity index (χ1) is 10.3. The molecule has 0 unspecified atom stereocenters. The van der Waals surface area contributed by atoms with Crippen molar-refractivity contribution in [2.24, 2.45) is 0 Å². The molecule has 3 rings (SSSR count). The highest BCUT2D eigenvalue weighted by molar-refractivity contribution is 8.02. The van der Waals surface area contributed by atoms with Gasteiger partial charge in [0.2, 0.25) is 5.91 Å². The molecule has 21 heavy (non-hydrogen) atoms. The van der Waals surface area contributed by atoms with Gasteiger partial charge < -0.3 is 5.32 Å². The quantitative estimate of drug-likeness (QED) is 0.830. The van der Waals surface area contributed by atoms with Gasteiger partial charge in [0, 0.05) is 23.3 Å². The molecule has 1 aliphatic rings. The molecule has 4 nitrogen and oxygen atoms in total. The standard InChI is InChI=1S/C15H15N3OS2/c19-13(18-11-6-7-11)10-20-14-15(17-9-8-16-14)21-12-4-2-1-3-5-12/h1-5,8-9,11H,6-7,10H2,(H,18,19). The van der Waals surface area contributed by atoms with Crippen LogP contribution in [0.1, 0.15) is 12.8 Å². The lowest BCUT2D eigenvalue weighted by Crippen LogP contribution is -2.27. The lowest BCUT2D eigenvalue weighted by molar-refractivity contribution is -0.118. The molecule has 0 aliphatic heterocycles. The SMILES string of the molecule is O=C(CSc1nccnc1Sc1ccccc1)NC1CC1. The summed E-state index contributed by atoms with van der Waals surface area (Å²) in [7, 11) is 0. The summed E-state index contributed by atoms with van der Waals surface area (Å²) in [6.07, 6.45) is 5.56. The van der Waals surface area contributed by atoms with Gasteiger partial charge in [-0.25, -0.2) is 9.97 Å². The Morgan fingerprint density at radius 3 is 2.57 bits per heavy atom. The maximum atomic E-state index is 11.7. The molecule has 0 radical (unpaired) electrons. The second-order valence-electron chi connectivity index (χ2n) is 4.71. The molecule has 1 aliphatic carbocycles. The Kier molecular flexibility index (Phi) is 4.77. The number of benzene rings is 1. The summed E-state index contributed by atoms with van der Waals surface area (Å²) in [6.45, 7) is 0. The van der Waals surface area contributed by atoms with Crippen LogP contribution in [0, 0.1) is 0 Å². The number of carbonyl (C=O) groups excluding carboxylic acids is 1. The van der Waals surface area contributed by atoms with E-state index in [1.165, 1.54) is 11.8 Å². The number of carbonyl (C=O) groups is 1. The zero-order valence-electron chi connectivity index (χ0n) is 11.4. The summed E-state index contributed by atoms with van der Waals surface area (Å²) in [5.74, 6) is 0.459. The number of rotatable bonds is 6. The van der Waals surface area contributed by atoms with Crippen LogP contribution in [-0.2, 0) is 4.79 Å². The highest BCUT2D eigenvalue weighted by Gasteiger charge is 2.23. The molecule has 1 N–H and O–H groups in total. The zero-order chi connectivity index (χ0) is 14.5. The molecule has 1 heterocycles. The third kappa shape index (κ3) is 4.47. The number of nitrogens with zero attached hydrogens (tertiary/aromatic N) is 2. The van der Waals surface area contributed by atoms with E-state index in [1.54, 1.807) is 24.2 Å². The van der Waals surface area contributed by atoms with Crippen molar-refractivity contribution in [3.05, 3.63) is 42.7 Å². The van der Waals surface area contributed by atoms with E-state index >= 15 is 0 Å². The van der Waals surface area contributed by atoms with Crippen molar-refractivity contribution in [3.63, 3.8) is 0 Å². The Labute approximate surface area is 132 Å². The van der Waals surface area contributed by atoms with Gasteiger partial charge in [0.15, 0.2) is 0 Å². The van der Waals surface area contributed by atoms with Crippen LogP contribution in [-0.4, -0.2) is 27.7 Å². The van der Waals surface area contributed by atoms with Gasteiger partial charge in [-0.3, -0.25) is 4.79 Å². The second-order valence-corrected chi connectivity index (χ2v) is 6.74. The van der Waals surface area contributed by atoms with E-state index in [-0.39, 0.29) is 5.91 Å². The first kappa shape index (κ1) is 14.4. The van der Waals surface area contributed by atoms with Crippen LogP contribution in [0.3, 0.4) is 0 Å². The van der Waals surface area contributed by atoms with Crippen LogP contribution in [0.4, 0.5) is 0 Å². The summed E-state index contributed by atoms with van der Waals surface area (Å²) in [5, 5.41) is 4.62. The van der Waals surface area contributed by atoms with Crippen LogP contribution in [0.2, 0.25) is 0 Å². The topological polar surface area (TPSA) is 54.9 Å². The molecule has 108 valence electrons. The van der Waals surface area contributed by atoms with Crippen molar-refractivity contribution in [3.8, 4) is 0 Å². The third-order valence-electron chi connectivity index (χ3n) is 2.87. The van der Waals surface area contributed by atoms with Gasteiger partial charge in [0.1, 0.15) is 10.1 Å². The summed E-state index contributed by atoms with van der Waals surface area (Å²) in [6, 6.07) is 10.4. The van der Waals surface area contributed by atoms with Gasteiger partial charge in [-0.2, -0.15) is 0 Å². The van der Waals surface area contributed by atoms with Gasteiger partial charge in [0.25, 0.3) is 0 Å². The lowest BCUT2D eigenvalue weighted by Gasteiger charge is -2.07. The van der Waals surface area contributed by atoms with E-state index in [0.29, 0.717) is 11.8 Å². The maximum absolute atomic E-state index is 11.7. The number of nitrogens with one attached hydrogen (secondary N) is 1. The van der Waals surface area contributed by atoms with E-state index in [4.69, 9.17) is 0 Å². The van der Waals surface area contributed by atoms with Crippen molar-refractivity contribution in [2.75, 3.05) is 5.75 Å². The Morgan fingerprint density at radius 1 is 1.14 bits per heavy atom. The third-order valence-corrected chi connectivity index (χ3v) is 4.98. The van der Waals surface area contributed by atoms with Gasteiger partial charge in [0.05, 0.1) is 5.75 Å². The summed E-state index contributed by atoms with van der Waals surface area (Å²) >= 11 is 3.00. The van der Waals surface area contributed by atoms with Gasteiger partial charge in [-0.15, -0.1) is 0 Å². The monoisotopic (exact) mass is 317 g/mol. The van der Waals surface area contributed by atoms with Crippen molar-refractivity contribution < 1.29 is 4.79 Å². The second kappa shape index (κ2) is 6.95. The number of amides is 1. The smallest absolute Gasteiger partial charge is 0.230 e. The molecule has 0 saturated heterocycles. The Balaban J connectivity index is 1.63. The maximum Gasteiger partial charge on any atom is 0.230 e. The van der Waals surface area contributed by atoms with Gasteiger partial charge in [-0.05, 0) is 25.0 Å². The van der Waals surface area contributed by atoms with E-state index in [0.717, 1.165) is 27.8 Å². The fraction of sp³-hybridized carbons (Fsp3) is 0.267. The predicted molar refractivity (Wildman–Crippen MR) is 84.5 cm³/mol. The van der Waals surface area contributed by atoms with E-state index in [1.807, 2.05) is 30.3 Å². The van der Waals surface area contributed by atoms with Crippen LogP contribution < -0.4 is 5.32 Å². The minimum Gasteiger partial charge on any atom is -0.353 e. The molecule has 6 heteroatoms. The molecular formula is C15H15N3OS2. The van der Waals surface area contributed by atoms with Crippen LogP contribution in [0.15, 0.2) is 57.7 Å². The van der Waals surface area contributed by atoms with Crippen molar-refractivity contribution in [1.82, 2.24) is 15.3 Å². The molecule has 1 fully saturated rings. The van der Waals surface area contributed by atoms with Crippen LogP contribution in [0.5, 0.6) is 0 Å². The average molecular weight is 317 g/mol. The minimum atomic E-state index is 0.0730. The molecule has 2 aromatic rings. The zero-order valence-corrected chi connectivity index (χ0v) is 13.0. The first-order valence-corrected chi connectivity index (χ1v) is 8.57. The summed E-state index contributed by atoms with van der Waals surface area (Å²) < 4.78 is 0. The molecule has 1 aromatic carbocycles.